The number of amides is 2. The zero-order chi connectivity index (χ0) is 14.3. The molecular formula is C15H14N2O3. The number of anilines is 1. The first-order valence-corrected chi connectivity index (χ1v) is 6.31. The number of hydrogen-bond acceptors (Lipinski definition) is 4. The van der Waals surface area contributed by atoms with E-state index >= 15 is 0 Å². The molecule has 2 aromatic rings. The Kier molecular flexibility index (Phi) is 2.91. The van der Waals surface area contributed by atoms with Crippen molar-refractivity contribution in [1.82, 2.24) is 4.90 Å². The molecule has 0 spiro atoms. The van der Waals surface area contributed by atoms with Crippen molar-refractivity contribution in [2.24, 2.45) is 0 Å². The highest BCUT2D eigenvalue weighted by Crippen LogP contribution is 2.32. The minimum absolute atomic E-state index is 0.244. The lowest BCUT2D eigenvalue weighted by Crippen LogP contribution is -2.42. The minimum Gasteiger partial charge on any atom is -0.398 e. The maximum absolute atomic E-state index is 12.4. The molecule has 0 unspecified atom stereocenters. The van der Waals surface area contributed by atoms with E-state index in [1.807, 2.05) is 6.07 Å². The van der Waals surface area contributed by atoms with Gasteiger partial charge in [0.05, 0.1) is 13.2 Å². The zero-order valence-corrected chi connectivity index (χ0v) is 11.1. The molecule has 102 valence electrons. The van der Waals surface area contributed by atoms with Crippen molar-refractivity contribution in [3.05, 3.63) is 41.5 Å². The van der Waals surface area contributed by atoms with Gasteiger partial charge in [-0.2, -0.15) is 0 Å². The van der Waals surface area contributed by atoms with E-state index in [0.717, 1.165) is 5.39 Å². The van der Waals surface area contributed by atoms with E-state index in [-0.39, 0.29) is 18.4 Å². The fraction of sp³-hybridized carbons (Fsp3) is 0.200. The normalized spacial score (nSPS) is 14.2. The Hall–Kier alpha value is -2.40. The summed E-state index contributed by atoms with van der Waals surface area (Å²) in [7, 11) is 1.54. The molecule has 5 nitrogen and oxygen atoms in total. The van der Waals surface area contributed by atoms with Gasteiger partial charge in [-0.3, -0.25) is 14.5 Å². The van der Waals surface area contributed by atoms with Gasteiger partial charge in [-0.15, -0.1) is 0 Å². The van der Waals surface area contributed by atoms with Crippen LogP contribution in [0.15, 0.2) is 30.3 Å². The van der Waals surface area contributed by atoms with Crippen LogP contribution in [-0.2, 0) is 4.74 Å². The van der Waals surface area contributed by atoms with E-state index in [0.29, 0.717) is 28.8 Å². The topological polar surface area (TPSA) is 72.6 Å². The summed E-state index contributed by atoms with van der Waals surface area (Å²) in [5.74, 6) is -0.591. The summed E-state index contributed by atoms with van der Waals surface area (Å²) < 4.78 is 4.96. The number of carbonyl (C=O) groups is 2. The Bertz CT molecular complexity index is 702. The van der Waals surface area contributed by atoms with Crippen molar-refractivity contribution >= 4 is 28.3 Å². The molecule has 0 aliphatic carbocycles. The number of nitrogens with two attached hydrogens (primary N) is 1. The molecule has 2 aromatic carbocycles. The summed E-state index contributed by atoms with van der Waals surface area (Å²) in [6, 6.07) is 8.70. The van der Waals surface area contributed by atoms with E-state index in [4.69, 9.17) is 10.5 Å². The number of imide groups is 1. The largest absolute Gasteiger partial charge is 0.398 e. The molecule has 1 aliphatic heterocycles. The van der Waals surface area contributed by atoms with Gasteiger partial charge in [0.15, 0.2) is 0 Å². The molecule has 0 atom stereocenters. The number of hydrogen-bond donors (Lipinski definition) is 1. The van der Waals surface area contributed by atoms with E-state index in [9.17, 15) is 9.59 Å². The van der Waals surface area contributed by atoms with E-state index in [2.05, 4.69) is 0 Å². The molecule has 3 rings (SSSR count). The van der Waals surface area contributed by atoms with Crippen molar-refractivity contribution in [1.29, 1.82) is 0 Å². The van der Waals surface area contributed by atoms with E-state index in [1.165, 1.54) is 12.0 Å². The van der Waals surface area contributed by atoms with Gasteiger partial charge in [0.25, 0.3) is 11.8 Å². The Morgan fingerprint density at radius 3 is 2.50 bits per heavy atom. The average molecular weight is 270 g/mol. The van der Waals surface area contributed by atoms with Crippen LogP contribution in [0.1, 0.15) is 20.7 Å². The molecule has 1 aliphatic rings. The minimum atomic E-state index is -0.296. The number of nitrogens with zero attached hydrogens (tertiary/aromatic N) is 1. The van der Waals surface area contributed by atoms with Crippen molar-refractivity contribution in [2.75, 3.05) is 26.0 Å². The fourth-order valence-corrected chi connectivity index (χ4v) is 2.55. The summed E-state index contributed by atoms with van der Waals surface area (Å²) in [6.45, 7) is 0.562. The lowest BCUT2D eigenvalue weighted by molar-refractivity contribution is 0.0560. The molecule has 2 N–H and O–H groups in total. The Morgan fingerprint density at radius 1 is 1.10 bits per heavy atom. The molecule has 0 aromatic heterocycles. The van der Waals surface area contributed by atoms with E-state index < -0.39 is 0 Å². The molecule has 20 heavy (non-hydrogen) atoms. The second-order valence-corrected chi connectivity index (χ2v) is 4.69. The quantitative estimate of drug-likeness (QED) is 0.680. The van der Waals surface area contributed by atoms with Crippen LogP contribution in [0.2, 0.25) is 0 Å². The summed E-state index contributed by atoms with van der Waals surface area (Å²) in [5.41, 5.74) is 7.52. The standard InChI is InChI=1S/C15H14N2O3/c1-20-8-7-17-14(18)10-4-2-3-9-12(16)6-5-11(13(9)10)15(17)19/h2-6H,7-8,16H2,1H3. The fourth-order valence-electron chi connectivity index (χ4n) is 2.55. The van der Waals surface area contributed by atoms with Crippen molar-refractivity contribution in [3.8, 4) is 0 Å². The second kappa shape index (κ2) is 4.61. The van der Waals surface area contributed by atoms with Gasteiger partial charge in [-0.05, 0) is 18.2 Å². The van der Waals surface area contributed by atoms with Gasteiger partial charge in [0.1, 0.15) is 0 Å². The van der Waals surface area contributed by atoms with E-state index in [1.54, 1.807) is 24.3 Å². The van der Waals surface area contributed by atoms with Gasteiger partial charge >= 0.3 is 0 Å². The molecular weight excluding hydrogens is 256 g/mol. The van der Waals surface area contributed by atoms with Crippen LogP contribution in [0.5, 0.6) is 0 Å². The monoisotopic (exact) mass is 270 g/mol. The maximum Gasteiger partial charge on any atom is 0.261 e. The Morgan fingerprint density at radius 2 is 1.80 bits per heavy atom. The number of carbonyl (C=O) groups excluding carboxylic acids is 2. The summed E-state index contributed by atoms with van der Waals surface area (Å²) in [6.07, 6.45) is 0. The molecule has 0 saturated heterocycles. The first-order valence-electron chi connectivity index (χ1n) is 6.31. The smallest absolute Gasteiger partial charge is 0.261 e. The van der Waals surface area contributed by atoms with Gasteiger partial charge in [0.2, 0.25) is 0 Å². The number of rotatable bonds is 3. The zero-order valence-electron chi connectivity index (χ0n) is 11.1. The predicted octanol–water partition coefficient (Wildman–Crippen LogP) is 1.66. The third-order valence-electron chi connectivity index (χ3n) is 3.54. The van der Waals surface area contributed by atoms with Crippen LogP contribution in [-0.4, -0.2) is 37.0 Å². The first-order chi connectivity index (χ1) is 9.65. The molecule has 5 heteroatoms. The molecule has 0 fully saturated rings. The average Bonchev–Trinajstić information content (AvgIpc) is 2.46. The van der Waals surface area contributed by atoms with Crippen molar-refractivity contribution in [2.45, 2.75) is 0 Å². The lowest BCUT2D eigenvalue weighted by atomic mass is 9.93. The van der Waals surface area contributed by atoms with Crippen LogP contribution >= 0.6 is 0 Å². The van der Waals surface area contributed by atoms with Gasteiger partial charge in [-0.1, -0.05) is 12.1 Å². The Labute approximate surface area is 115 Å². The van der Waals surface area contributed by atoms with Crippen LogP contribution in [0, 0.1) is 0 Å². The van der Waals surface area contributed by atoms with Crippen LogP contribution in [0.3, 0.4) is 0 Å². The molecule has 0 bridgehead atoms. The van der Waals surface area contributed by atoms with Crippen LogP contribution in [0.25, 0.3) is 10.8 Å². The van der Waals surface area contributed by atoms with Gasteiger partial charge < -0.3 is 10.5 Å². The molecule has 1 heterocycles. The highest BCUT2D eigenvalue weighted by atomic mass is 16.5. The SMILES string of the molecule is COCCN1C(=O)c2cccc3c(N)ccc(c23)C1=O. The van der Waals surface area contributed by atoms with Crippen LogP contribution < -0.4 is 5.73 Å². The van der Waals surface area contributed by atoms with Gasteiger partial charge in [-0.25, -0.2) is 0 Å². The third-order valence-corrected chi connectivity index (χ3v) is 3.54. The van der Waals surface area contributed by atoms with Crippen molar-refractivity contribution < 1.29 is 14.3 Å². The number of ether oxygens (including phenoxy) is 1. The maximum atomic E-state index is 12.4. The van der Waals surface area contributed by atoms with Gasteiger partial charge in [0, 0.05) is 34.7 Å². The Balaban J connectivity index is 2.23. The van der Waals surface area contributed by atoms with Crippen LogP contribution in [0.4, 0.5) is 5.69 Å². The lowest BCUT2D eigenvalue weighted by Gasteiger charge is -2.27. The molecule has 2 amide bonds. The highest BCUT2D eigenvalue weighted by Gasteiger charge is 2.32. The number of nitrogen functional groups attached to an aromatic ring is 1. The molecule has 0 radical (unpaired) electrons. The predicted molar refractivity (Wildman–Crippen MR) is 75.6 cm³/mol. The van der Waals surface area contributed by atoms with Crippen molar-refractivity contribution in [3.63, 3.8) is 0 Å². The summed E-state index contributed by atoms with van der Waals surface area (Å²) >= 11 is 0. The summed E-state index contributed by atoms with van der Waals surface area (Å²) in [5, 5.41) is 1.39. The number of methoxy groups -OCH3 is 1. The first kappa shape index (κ1) is 12.6. The highest BCUT2D eigenvalue weighted by molar-refractivity contribution is 6.26. The third kappa shape index (κ3) is 1.67. The number of benzene rings is 2. The summed E-state index contributed by atoms with van der Waals surface area (Å²) in [4.78, 5) is 26.1. The molecule has 0 saturated carbocycles. The second-order valence-electron chi connectivity index (χ2n) is 4.69.